The summed E-state index contributed by atoms with van der Waals surface area (Å²) >= 11 is 0. The zero-order valence-corrected chi connectivity index (χ0v) is 18.3. The largest absolute Gasteiger partial charge is 0.377 e. The molecule has 0 heterocycles. The summed E-state index contributed by atoms with van der Waals surface area (Å²) in [4.78, 5) is 0. The maximum absolute atomic E-state index is 6.66. The van der Waals surface area contributed by atoms with Gasteiger partial charge in [-0.25, -0.2) is 0 Å². The predicted molar refractivity (Wildman–Crippen MR) is 126 cm³/mol. The first-order chi connectivity index (χ1) is 15.9. The average Bonchev–Trinajstić information content (AvgIpc) is 2.87. The number of hydrogen-bond donors (Lipinski definition) is 0. The molecule has 3 aromatic rings. The van der Waals surface area contributed by atoms with Crippen molar-refractivity contribution in [3.63, 3.8) is 0 Å². The standard InChI is InChI=1S/C28H30O4/c1-2-18-29-19-20-30-21-22-31-23-24-32-28(25-12-6-3-7-13-25,26-14-8-4-9-15-26)27-16-10-5-11-17-27/h1,3-17H,18-24H2. The van der Waals surface area contributed by atoms with Gasteiger partial charge in [0.1, 0.15) is 12.2 Å². The molecule has 0 aliphatic rings. The topological polar surface area (TPSA) is 36.9 Å². The van der Waals surface area contributed by atoms with E-state index in [1.165, 1.54) is 0 Å². The number of hydrogen-bond acceptors (Lipinski definition) is 4. The van der Waals surface area contributed by atoms with Crippen LogP contribution in [0.3, 0.4) is 0 Å². The van der Waals surface area contributed by atoms with Gasteiger partial charge in [-0.05, 0) is 16.7 Å². The fraction of sp³-hybridized carbons (Fsp3) is 0.286. The third-order valence-electron chi connectivity index (χ3n) is 5.02. The van der Waals surface area contributed by atoms with Crippen LogP contribution in [0.5, 0.6) is 0 Å². The van der Waals surface area contributed by atoms with E-state index < -0.39 is 5.60 Å². The Morgan fingerprint density at radius 1 is 0.531 bits per heavy atom. The third kappa shape index (κ3) is 6.53. The lowest BCUT2D eigenvalue weighted by molar-refractivity contribution is -0.0362. The van der Waals surface area contributed by atoms with Crippen molar-refractivity contribution >= 4 is 0 Å². The van der Waals surface area contributed by atoms with Gasteiger partial charge in [0.15, 0.2) is 0 Å². The van der Waals surface area contributed by atoms with Crippen molar-refractivity contribution in [3.05, 3.63) is 108 Å². The summed E-state index contributed by atoms with van der Waals surface area (Å²) in [5.41, 5.74) is 2.51. The molecule has 4 nitrogen and oxygen atoms in total. The van der Waals surface area contributed by atoms with Crippen molar-refractivity contribution < 1.29 is 18.9 Å². The highest BCUT2D eigenvalue weighted by Crippen LogP contribution is 2.40. The van der Waals surface area contributed by atoms with Crippen LogP contribution < -0.4 is 0 Å². The molecule has 4 heteroatoms. The molecule has 0 spiro atoms. The highest BCUT2D eigenvalue weighted by atomic mass is 16.6. The normalized spacial score (nSPS) is 11.2. The summed E-state index contributed by atoms with van der Waals surface area (Å²) in [5.74, 6) is 2.42. The Morgan fingerprint density at radius 3 is 1.31 bits per heavy atom. The second kappa shape index (κ2) is 13.5. The van der Waals surface area contributed by atoms with Crippen molar-refractivity contribution in [2.24, 2.45) is 0 Å². The van der Waals surface area contributed by atoms with Crippen LogP contribution in [0.2, 0.25) is 0 Å². The van der Waals surface area contributed by atoms with Crippen molar-refractivity contribution in [1.29, 1.82) is 0 Å². The molecule has 0 atom stereocenters. The van der Waals surface area contributed by atoms with Gasteiger partial charge in [0, 0.05) is 0 Å². The molecule has 0 N–H and O–H groups in total. The van der Waals surface area contributed by atoms with E-state index in [-0.39, 0.29) is 0 Å². The van der Waals surface area contributed by atoms with Crippen LogP contribution in [-0.4, -0.2) is 46.2 Å². The fourth-order valence-electron chi connectivity index (χ4n) is 3.59. The minimum absolute atomic E-state index is 0.309. The van der Waals surface area contributed by atoms with Crippen LogP contribution >= 0.6 is 0 Å². The van der Waals surface area contributed by atoms with Crippen molar-refractivity contribution in [2.45, 2.75) is 5.60 Å². The van der Waals surface area contributed by atoms with E-state index in [2.05, 4.69) is 42.3 Å². The maximum atomic E-state index is 6.66. The summed E-state index contributed by atoms with van der Waals surface area (Å²) in [5, 5.41) is 0. The summed E-state index contributed by atoms with van der Waals surface area (Å²) in [7, 11) is 0. The minimum atomic E-state index is -0.724. The molecule has 0 amide bonds. The number of terminal acetylenes is 1. The van der Waals surface area contributed by atoms with E-state index in [4.69, 9.17) is 25.4 Å². The Bertz CT molecular complexity index is 823. The fourth-order valence-corrected chi connectivity index (χ4v) is 3.59. The van der Waals surface area contributed by atoms with Gasteiger partial charge in [-0.1, -0.05) is 96.9 Å². The monoisotopic (exact) mass is 430 g/mol. The quantitative estimate of drug-likeness (QED) is 0.211. The van der Waals surface area contributed by atoms with E-state index >= 15 is 0 Å². The van der Waals surface area contributed by atoms with Crippen molar-refractivity contribution in [1.82, 2.24) is 0 Å². The lowest BCUT2D eigenvalue weighted by Gasteiger charge is -2.36. The van der Waals surface area contributed by atoms with Crippen LogP contribution in [0.15, 0.2) is 91.0 Å². The van der Waals surface area contributed by atoms with E-state index in [0.29, 0.717) is 46.2 Å². The van der Waals surface area contributed by atoms with Gasteiger partial charge >= 0.3 is 0 Å². The van der Waals surface area contributed by atoms with Crippen LogP contribution in [0, 0.1) is 12.3 Å². The van der Waals surface area contributed by atoms with Crippen LogP contribution in [0.4, 0.5) is 0 Å². The highest BCUT2D eigenvalue weighted by Gasteiger charge is 2.37. The van der Waals surface area contributed by atoms with Crippen LogP contribution in [0.1, 0.15) is 16.7 Å². The van der Waals surface area contributed by atoms with Crippen molar-refractivity contribution in [3.8, 4) is 12.3 Å². The summed E-state index contributed by atoms with van der Waals surface area (Å²) in [6.07, 6.45) is 5.13. The van der Waals surface area contributed by atoms with Gasteiger partial charge in [-0.2, -0.15) is 0 Å². The maximum Gasteiger partial charge on any atom is 0.143 e. The first-order valence-corrected chi connectivity index (χ1v) is 10.8. The number of ether oxygens (including phenoxy) is 4. The molecule has 0 saturated heterocycles. The first-order valence-electron chi connectivity index (χ1n) is 10.8. The van der Waals surface area contributed by atoms with Gasteiger partial charge in [0.25, 0.3) is 0 Å². The summed E-state index contributed by atoms with van der Waals surface area (Å²) in [6, 6.07) is 31.0. The molecule has 0 fully saturated rings. The Labute approximate surface area is 191 Å². The van der Waals surface area contributed by atoms with Crippen molar-refractivity contribution in [2.75, 3.05) is 46.2 Å². The minimum Gasteiger partial charge on any atom is -0.377 e. The molecule has 3 rings (SSSR count). The van der Waals surface area contributed by atoms with Gasteiger partial charge in [0.05, 0.1) is 39.6 Å². The molecule has 3 aromatic carbocycles. The van der Waals surface area contributed by atoms with Crippen LogP contribution in [0.25, 0.3) is 0 Å². The van der Waals surface area contributed by atoms with Gasteiger partial charge in [-0.3, -0.25) is 0 Å². The highest BCUT2D eigenvalue weighted by molar-refractivity contribution is 5.47. The SMILES string of the molecule is C#CCOCCOCCOCCOC(c1ccccc1)(c1ccccc1)c1ccccc1. The molecule has 0 aromatic heterocycles. The molecular formula is C28H30O4. The molecule has 0 unspecified atom stereocenters. The Hall–Kier alpha value is -2.94. The smallest absolute Gasteiger partial charge is 0.143 e. The summed E-state index contributed by atoms with van der Waals surface area (Å²) < 4.78 is 23.0. The second-order valence-electron chi connectivity index (χ2n) is 7.11. The van der Waals surface area contributed by atoms with Gasteiger partial charge < -0.3 is 18.9 Å². The molecule has 0 aliphatic heterocycles. The Kier molecular flexibility index (Phi) is 9.98. The Morgan fingerprint density at radius 2 is 0.906 bits per heavy atom. The Balaban J connectivity index is 1.65. The molecule has 0 bridgehead atoms. The van der Waals surface area contributed by atoms with Gasteiger partial charge in [-0.15, -0.1) is 6.42 Å². The zero-order chi connectivity index (χ0) is 22.3. The van der Waals surface area contributed by atoms with E-state index in [0.717, 1.165) is 16.7 Å². The van der Waals surface area contributed by atoms with Gasteiger partial charge in [0.2, 0.25) is 0 Å². The molecule has 0 radical (unpaired) electrons. The first kappa shape index (κ1) is 23.7. The molecule has 0 aliphatic carbocycles. The predicted octanol–water partition coefficient (Wildman–Crippen LogP) is 4.68. The molecule has 0 saturated carbocycles. The summed E-state index contributed by atoms with van der Waals surface area (Å²) in [6.45, 7) is 3.19. The number of rotatable bonds is 14. The zero-order valence-electron chi connectivity index (χ0n) is 18.3. The lowest BCUT2D eigenvalue weighted by atomic mass is 9.80. The molecular weight excluding hydrogens is 400 g/mol. The average molecular weight is 431 g/mol. The molecule has 32 heavy (non-hydrogen) atoms. The van der Waals surface area contributed by atoms with E-state index in [9.17, 15) is 0 Å². The lowest BCUT2D eigenvalue weighted by Crippen LogP contribution is -2.34. The third-order valence-corrected chi connectivity index (χ3v) is 5.02. The van der Waals surface area contributed by atoms with E-state index in [1.807, 2.05) is 54.6 Å². The second-order valence-corrected chi connectivity index (χ2v) is 7.11. The van der Waals surface area contributed by atoms with Crippen LogP contribution in [-0.2, 0) is 24.5 Å². The number of benzene rings is 3. The molecule has 166 valence electrons. The van der Waals surface area contributed by atoms with E-state index in [1.54, 1.807) is 0 Å².